The molecule has 1 fully saturated rings. The Labute approximate surface area is 219 Å². The Balaban J connectivity index is 1.24. The van der Waals surface area contributed by atoms with Crippen molar-refractivity contribution < 1.29 is 13.2 Å². The van der Waals surface area contributed by atoms with Crippen LogP contribution in [0.4, 0.5) is 5.69 Å². The summed E-state index contributed by atoms with van der Waals surface area (Å²) < 4.78 is 35.0. The highest BCUT2D eigenvalue weighted by Crippen LogP contribution is 2.40. The Kier molecular flexibility index (Phi) is 7.79. The van der Waals surface area contributed by atoms with Crippen LogP contribution >= 0.6 is 11.8 Å². The lowest BCUT2D eigenvalue weighted by molar-refractivity contribution is 0.149. The molecule has 3 aromatic rings. The van der Waals surface area contributed by atoms with E-state index in [1.165, 1.54) is 25.9 Å². The molecule has 2 heterocycles. The van der Waals surface area contributed by atoms with Gasteiger partial charge in [0.25, 0.3) is 10.0 Å². The number of nitrogens with zero attached hydrogens (tertiary/aromatic N) is 2. The van der Waals surface area contributed by atoms with E-state index >= 15 is 0 Å². The maximum atomic E-state index is 13.7. The first-order valence-electron chi connectivity index (χ1n) is 13.1. The Bertz CT molecular complexity index is 1300. The van der Waals surface area contributed by atoms with Crippen molar-refractivity contribution in [2.75, 3.05) is 42.8 Å². The molecule has 5 nitrogen and oxygen atoms in total. The highest BCUT2D eigenvalue weighted by Gasteiger charge is 2.30. The molecule has 1 saturated heterocycles. The Morgan fingerprint density at radius 1 is 0.972 bits per heavy atom. The quantitative estimate of drug-likeness (QED) is 0.325. The van der Waals surface area contributed by atoms with E-state index in [1.54, 1.807) is 28.2 Å². The molecule has 2 aliphatic rings. The Hall–Kier alpha value is -2.22. The summed E-state index contributed by atoms with van der Waals surface area (Å²) in [6.07, 6.45) is 3.56. The summed E-state index contributed by atoms with van der Waals surface area (Å²) in [5.41, 5.74) is 0.715. The number of benzene rings is 3. The van der Waals surface area contributed by atoms with Gasteiger partial charge < -0.3 is 9.64 Å². The first-order valence-corrected chi connectivity index (χ1v) is 15.5. The van der Waals surface area contributed by atoms with Crippen LogP contribution in [0.15, 0.2) is 70.5 Å². The lowest BCUT2D eigenvalue weighted by Gasteiger charge is -2.33. The van der Waals surface area contributed by atoms with Crippen molar-refractivity contribution in [3.05, 3.63) is 60.7 Å². The molecule has 0 unspecified atom stereocenters. The van der Waals surface area contributed by atoms with E-state index in [0.29, 0.717) is 23.7 Å². The predicted molar refractivity (Wildman–Crippen MR) is 150 cm³/mol. The molecule has 192 valence electrons. The van der Waals surface area contributed by atoms with Gasteiger partial charge >= 0.3 is 0 Å². The SMILES string of the molecule is CC(C)C1CCN(CCCOc2ccc3c(c2)N(S(=O)(=O)c2ccc4ccccc4c2)CCS3)CC1. The molecule has 0 saturated carbocycles. The summed E-state index contributed by atoms with van der Waals surface area (Å²) >= 11 is 1.70. The van der Waals surface area contributed by atoms with E-state index in [2.05, 4.69) is 18.7 Å². The van der Waals surface area contributed by atoms with Gasteiger partial charge in [0, 0.05) is 29.8 Å². The highest BCUT2D eigenvalue weighted by atomic mass is 32.2. The van der Waals surface area contributed by atoms with Crippen molar-refractivity contribution in [3.8, 4) is 5.75 Å². The summed E-state index contributed by atoms with van der Waals surface area (Å²) in [5, 5.41) is 1.96. The number of hydrogen-bond donors (Lipinski definition) is 0. The molecule has 0 amide bonds. The van der Waals surface area contributed by atoms with Gasteiger partial charge in [-0.1, -0.05) is 44.2 Å². The molecular weight excluding hydrogens is 488 g/mol. The van der Waals surface area contributed by atoms with Crippen molar-refractivity contribution in [3.63, 3.8) is 0 Å². The smallest absolute Gasteiger partial charge is 0.264 e. The average molecular weight is 525 g/mol. The first-order chi connectivity index (χ1) is 17.4. The van der Waals surface area contributed by atoms with E-state index in [9.17, 15) is 8.42 Å². The minimum Gasteiger partial charge on any atom is -0.493 e. The zero-order chi connectivity index (χ0) is 25.1. The van der Waals surface area contributed by atoms with Crippen molar-refractivity contribution in [2.24, 2.45) is 11.8 Å². The molecule has 5 rings (SSSR count). The number of likely N-dealkylation sites (tertiary alicyclic amines) is 1. The lowest BCUT2D eigenvalue weighted by atomic mass is 9.87. The Morgan fingerprint density at radius 3 is 2.53 bits per heavy atom. The van der Waals surface area contributed by atoms with Crippen molar-refractivity contribution in [1.29, 1.82) is 0 Å². The second-order valence-corrected chi connectivity index (χ2v) is 13.2. The van der Waals surface area contributed by atoms with Crippen LogP contribution in [0.2, 0.25) is 0 Å². The van der Waals surface area contributed by atoms with E-state index in [4.69, 9.17) is 4.74 Å². The van der Waals surface area contributed by atoms with Gasteiger partial charge in [-0.15, -0.1) is 11.8 Å². The number of thioether (sulfide) groups is 1. The second kappa shape index (κ2) is 11.0. The van der Waals surface area contributed by atoms with E-state index in [-0.39, 0.29) is 0 Å². The van der Waals surface area contributed by atoms with Crippen molar-refractivity contribution >= 4 is 38.2 Å². The Morgan fingerprint density at radius 2 is 1.75 bits per heavy atom. The van der Waals surface area contributed by atoms with Crippen LogP contribution in [0.3, 0.4) is 0 Å². The summed E-state index contributed by atoms with van der Waals surface area (Å²) in [6, 6.07) is 19.1. The van der Waals surface area contributed by atoms with Gasteiger partial charge in [0.15, 0.2) is 0 Å². The second-order valence-electron chi connectivity index (χ2n) is 10.2. The van der Waals surface area contributed by atoms with Crippen LogP contribution in [0.25, 0.3) is 10.8 Å². The van der Waals surface area contributed by atoms with Gasteiger partial charge in [-0.2, -0.15) is 0 Å². The summed E-state index contributed by atoms with van der Waals surface area (Å²) in [4.78, 5) is 3.85. The van der Waals surface area contributed by atoms with Crippen LogP contribution in [0.1, 0.15) is 33.1 Å². The number of fused-ring (bicyclic) bond motifs is 2. The topological polar surface area (TPSA) is 49.9 Å². The number of ether oxygens (including phenoxy) is 1. The highest BCUT2D eigenvalue weighted by molar-refractivity contribution is 8.00. The molecule has 0 spiro atoms. The molecule has 0 aromatic heterocycles. The molecule has 0 radical (unpaired) electrons. The fourth-order valence-electron chi connectivity index (χ4n) is 5.29. The number of piperidine rings is 1. The number of hydrogen-bond acceptors (Lipinski definition) is 5. The number of rotatable bonds is 8. The van der Waals surface area contributed by atoms with Crippen LogP contribution in [-0.4, -0.2) is 51.9 Å². The zero-order valence-corrected chi connectivity index (χ0v) is 22.9. The van der Waals surface area contributed by atoms with Crippen molar-refractivity contribution in [1.82, 2.24) is 4.90 Å². The number of sulfonamides is 1. The van der Waals surface area contributed by atoms with Gasteiger partial charge in [-0.3, -0.25) is 4.31 Å². The first kappa shape index (κ1) is 25.4. The molecule has 0 N–H and O–H groups in total. The summed E-state index contributed by atoms with van der Waals surface area (Å²) in [6.45, 7) is 9.16. The molecule has 2 aliphatic heterocycles. The standard InChI is InChI=1S/C29H36N2O3S2/c1-22(2)23-12-15-30(16-13-23)14-5-18-34-26-9-11-29-28(21-26)31(17-19-35-29)36(32,33)27-10-8-24-6-3-4-7-25(24)20-27/h3-4,6-11,20-23H,5,12-19H2,1-2H3. The average Bonchev–Trinajstić information content (AvgIpc) is 2.90. The maximum absolute atomic E-state index is 13.7. The normalized spacial score (nSPS) is 17.5. The lowest BCUT2D eigenvalue weighted by Crippen LogP contribution is -2.36. The van der Waals surface area contributed by atoms with Crippen LogP contribution in [0.5, 0.6) is 5.75 Å². The summed E-state index contributed by atoms with van der Waals surface area (Å²) in [5.74, 6) is 3.10. The van der Waals surface area contributed by atoms with Crippen LogP contribution < -0.4 is 9.04 Å². The van der Waals surface area contributed by atoms with E-state index in [1.807, 2.05) is 48.5 Å². The molecule has 36 heavy (non-hydrogen) atoms. The molecule has 0 bridgehead atoms. The monoisotopic (exact) mass is 524 g/mol. The van der Waals surface area contributed by atoms with Gasteiger partial charge in [0.2, 0.25) is 0 Å². The van der Waals surface area contributed by atoms with Crippen molar-refractivity contribution in [2.45, 2.75) is 42.9 Å². The third-order valence-corrected chi connectivity index (χ3v) is 10.4. The largest absolute Gasteiger partial charge is 0.493 e. The third-order valence-electron chi connectivity index (χ3n) is 7.52. The van der Waals surface area contributed by atoms with E-state index < -0.39 is 10.0 Å². The molecule has 0 atom stereocenters. The summed E-state index contributed by atoms with van der Waals surface area (Å²) in [7, 11) is -3.68. The maximum Gasteiger partial charge on any atom is 0.264 e. The minimum atomic E-state index is -3.68. The minimum absolute atomic E-state index is 0.326. The van der Waals surface area contributed by atoms with Crippen LogP contribution in [0, 0.1) is 11.8 Å². The van der Waals surface area contributed by atoms with E-state index in [0.717, 1.165) is 52.0 Å². The predicted octanol–water partition coefficient (Wildman–Crippen LogP) is 6.28. The van der Waals surface area contributed by atoms with Gasteiger partial charge in [0.1, 0.15) is 5.75 Å². The van der Waals surface area contributed by atoms with Crippen LogP contribution in [-0.2, 0) is 10.0 Å². The van der Waals surface area contributed by atoms with Gasteiger partial charge in [0.05, 0.1) is 17.2 Å². The number of anilines is 1. The third kappa shape index (κ3) is 5.53. The fourth-order valence-corrected chi connectivity index (χ4v) is 7.95. The zero-order valence-electron chi connectivity index (χ0n) is 21.2. The molecule has 7 heteroatoms. The molecule has 0 aliphatic carbocycles. The molecular formula is C29H36N2O3S2. The molecule has 3 aromatic carbocycles. The fraction of sp³-hybridized carbons (Fsp3) is 0.448. The van der Waals surface area contributed by atoms with Gasteiger partial charge in [-0.25, -0.2) is 8.42 Å². The van der Waals surface area contributed by atoms with Gasteiger partial charge in [-0.05, 0) is 79.2 Å².